The number of aromatic amines is 1. The Hall–Kier alpha value is -2.23. The van der Waals surface area contributed by atoms with Gasteiger partial charge in [0.1, 0.15) is 11.4 Å². The maximum absolute atomic E-state index is 12.2. The molecule has 0 saturated carbocycles. The lowest BCUT2D eigenvalue weighted by atomic mass is 9.99. The van der Waals surface area contributed by atoms with Gasteiger partial charge in [0.25, 0.3) is 15.7 Å². The Morgan fingerprint density at radius 2 is 1.96 bits per heavy atom. The highest BCUT2D eigenvalue weighted by Crippen LogP contribution is 2.34. The second-order valence-corrected chi connectivity index (χ2v) is 8.52. The summed E-state index contributed by atoms with van der Waals surface area (Å²) < 4.78 is 28.4. The Bertz CT molecular complexity index is 968. The van der Waals surface area contributed by atoms with Gasteiger partial charge >= 0.3 is 0 Å². The zero-order chi connectivity index (χ0) is 19.6. The van der Waals surface area contributed by atoms with Crippen molar-refractivity contribution in [3.63, 3.8) is 0 Å². The van der Waals surface area contributed by atoms with Gasteiger partial charge in [-0.3, -0.25) is 4.79 Å². The van der Waals surface area contributed by atoms with E-state index in [9.17, 15) is 13.2 Å². The van der Waals surface area contributed by atoms with Crippen LogP contribution in [0.1, 0.15) is 17.5 Å². The molecule has 2 heterocycles. The number of H-pyrrole nitrogens is 1. The molecule has 9 heteroatoms. The summed E-state index contributed by atoms with van der Waals surface area (Å²) >= 11 is 0. The van der Waals surface area contributed by atoms with Crippen molar-refractivity contribution in [1.82, 2.24) is 15.1 Å². The maximum atomic E-state index is 12.2. The van der Waals surface area contributed by atoms with Crippen molar-refractivity contribution in [2.45, 2.75) is 19.3 Å². The average molecular weight is 392 g/mol. The Balaban J connectivity index is 2.00. The molecule has 0 spiro atoms. The molecule has 1 N–H and O–H groups in total. The van der Waals surface area contributed by atoms with E-state index in [4.69, 9.17) is 4.28 Å². The molecule has 146 valence electrons. The first-order valence-electron chi connectivity index (χ1n) is 8.77. The van der Waals surface area contributed by atoms with E-state index in [1.54, 1.807) is 0 Å². The highest BCUT2D eigenvalue weighted by Gasteiger charge is 2.28. The van der Waals surface area contributed by atoms with Crippen molar-refractivity contribution < 1.29 is 12.7 Å². The van der Waals surface area contributed by atoms with Crippen LogP contribution in [0.15, 0.2) is 29.1 Å². The van der Waals surface area contributed by atoms with Gasteiger partial charge in [0.15, 0.2) is 0 Å². The number of aromatic nitrogens is 2. The third-order valence-electron chi connectivity index (χ3n) is 4.39. The van der Waals surface area contributed by atoms with Gasteiger partial charge in [-0.25, -0.2) is 10.2 Å². The Morgan fingerprint density at radius 1 is 1.26 bits per heavy atom. The van der Waals surface area contributed by atoms with Crippen molar-refractivity contribution in [2.24, 2.45) is 0 Å². The monoisotopic (exact) mass is 392 g/mol. The van der Waals surface area contributed by atoms with E-state index in [1.807, 2.05) is 38.4 Å². The molecule has 0 amide bonds. The van der Waals surface area contributed by atoms with Crippen LogP contribution in [0, 0.1) is 0 Å². The molecule has 2 aromatic rings. The van der Waals surface area contributed by atoms with Gasteiger partial charge in [-0.1, -0.05) is 24.3 Å². The molecule has 1 aromatic heterocycles. The van der Waals surface area contributed by atoms with E-state index in [1.165, 1.54) is 10.6 Å². The van der Waals surface area contributed by atoms with Crippen molar-refractivity contribution in [3.8, 4) is 11.3 Å². The van der Waals surface area contributed by atoms with Crippen LogP contribution in [0.5, 0.6) is 0 Å². The van der Waals surface area contributed by atoms with Crippen LogP contribution in [-0.4, -0.2) is 57.0 Å². The van der Waals surface area contributed by atoms with Crippen LogP contribution >= 0.6 is 0 Å². The summed E-state index contributed by atoms with van der Waals surface area (Å²) in [7, 11) is 0.339. The summed E-state index contributed by atoms with van der Waals surface area (Å²) in [4.78, 5) is 14.3. The molecule has 27 heavy (non-hydrogen) atoms. The molecule has 0 atom stereocenters. The van der Waals surface area contributed by atoms with E-state index in [0.717, 1.165) is 24.8 Å². The third kappa shape index (κ3) is 4.74. The van der Waals surface area contributed by atoms with Gasteiger partial charge in [0.2, 0.25) is 0 Å². The van der Waals surface area contributed by atoms with E-state index >= 15 is 0 Å². The lowest BCUT2D eigenvalue weighted by molar-refractivity contribution is 0.277. The second-order valence-electron chi connectivity index (χ2n) is 6.96. The van der Waals surface area contributed by atoms with Crippen LogP contribution in [0.4, 0.5) is 5.69 Å². The van der Waals surface area contributed by atoms with Crippen LogP contribution < -0.4 is 10.6 Å². The topological polar surface area (TPSA) is 95.6 Å². The van der Waals surface area contributed by atoms with Gasteiger partial charge in [0, 0.05) is 24.2 Å². The fourth-order valence-corrected chi connectivity index (χ4v) is 3.59. The molecule has 0 saturated heterocycles. The number of likely N-dealkylation sites (N-methyl/N-ethyl adjacent to an activating group) is 1. The zero-order valence-electron chi connectivity index (χ0n) is 15.7. The lowest BCUT2D eigenvalue weighted by Crippen LogP contribution is -2.35. The number of hydrogen-bond donors (Lipinski definition) is 1. The van der Waals surface area contributed by atoms with Crippen molar-refractivity contribution >= 4 is 15.8 Å². The number of benzene rings is 1. The van der Waals surface area contributed by atoms with Gasteiger partial charge in [0.05, 0.1) is 6.26 Å². The SMILES string of the molecule is CN(C)CCc1ccc(-c2n[nH]c(=O)c3c2N(OS(C)(=O)=O)CCC3)cc1. The van der Waals surface area contributed by atoms with Crippen molar-refractivity contribution in [3.05, 3.63) is 45.7 Å². The van der Waals surface area contributed by atoms with Gasteiger partial charge in [-0.05, 0) is 38.9 Å². The quantitative estimate of drug-likeness (QED) is 0.789. The number of rotatable bonds is 6. The first-order valence-corrected chi connectivity index (χ1v) is 10.6. The fraction of sp³-hybridized carbons (Fsp3) is 0.444. The van der Waals surface area contributed by atoms with Gasteiger partial charge < -0.3 is 4.90 Å². The Kier molecular flexibility index (Phi) is 5.64. The number of fused-ring (bicyclic) bond motifs is 1. The van der Waals surface area contributed by atoms with Crippen LogP contribution in [0.25, 0.3) is 11.3 Å². The summed E-state index contributed by atoms with van der Waals surface area (Å²) in [6.45, 7) is 1.32. The summed E-state index contributed by atoms with van der Waals surface area (Å²) in [6.07, 6.45) is 3.08. The predicted octanol–water partition coefficient (Wildman–Crippen LogP) is 1.18. The molecule has 0 fully saturated rings. The number of nitrogens with one attached hydrogen (secondary N) is 1. The first-order chi connectivity index (χ1) is 12.7. The lowest BCUT2D eigenvalue weighted by Gasteiger charge is -2.29. The smallest absolute Gasteiger partial charge is 0.285 e. The van der Waals surface area contributed by atoms with E-state index in [2.05, 4.69) is 15.1 Å². The number of nitrogens with zero attached hydrogens (tertiary/aromatic N) is 3. The molecular weight excluding hydrogens is 368 g/mol. The molecular formula is C18H24N4O4S. The predicted molar refractivity (Wildman–Crippen MR) is 104 cm³/mol. The summed E-state index contributed by atoms with van der Waals surface area (Å²) in [5.41, 5.74) is 3.09. The summed E-state index contributed by atoms with van der Waals surface area (Å²) in [5.74, 6) is 0. The van der Waals surface area contributed by atoms with Crippen molar-refractivity contribution in [2.75, 3.05) is 38.5 Å². The molecule has 8 nitrogen and oxygen atoms in total. The maximum Gasteiger partial charge on any atom is 0.285 e. The normalized spacial score (nSPS) is 14.4. The van der Waals surface area contributed by atoms with Crippen LogP contribution in [0.3, 0.4) is 0 Å². The number of anilines is 1. The molecule has 1 aliphatic heterocycles. The summed E-state index contributed by atoms with van der Waals surface area (Å²) in [5, 5.41) is 7.97. The van der Waals surface area contributed by atoms with Gasteiger partial charge in [-0.15, -0.1) is 4.28 Å². The minimum absolute atomic E-state index is 0.321. The van der Waals surface area contributed by atoms with E-state index in [0.29, 0.717) is 36.3 Å². The summed E-state index contributed by atoms with van der Waals surface area (Å²) in [6, 6.07) is 7.89. The standard InChI is InChI=1S/C18H24N4O4S/c1-21(2)12-10-13-6-8-14(9-7-13)16-17-15(18(23)20-19-16)5-4-11-22(17)26-27(3,24)25/h6-9H,4-5,10-12H2,1-3H3,(H,20,23). The van der Waals surface area contributed by atoms with E-state index < -0.39 is 10.1 Å². The largest absolute Gasteiger partial charge is 0.309 e. The Labute approximate surface area is 158 Å². The van der Waals surface area contributed by atoms with Gasteiger partial charge in [-0.2, -0.15) is 13.5 Å². The molecule has 1 aliphatic rings. The van der Waals surface area contributed by atoms with Crippen molar-refractivity contribution in [1.29, 1.82) is 0 Å². The van der Waals surface area contributed by atoms with E-state index in [-0.39, 0.29) is 5.56 Å². The van der Waals surface area contributed by atoms with Crippen LogP contribution in [0.2, 0.25) is 0 Å². The average Bonchev–Trinajstić information content (AvgIpc) is 2.60. The molecule has 0 radical (unpaired) electrons. The molecule has 1 aromatic carbocycles. The molecule has 0 aliphatic carbocycles. The molecule has 0 bridgehead atoms. The third-order valence-corrected chi connectivity index (χ3v) is 4.84. The number of hydroxylamine groups is 1. The number of hydrogen-bond acceptors (Lipinski definition) is 7. The molecule has 3 rings (SSSR count). The minimum Gasteiger partial charge on any atom is -0.309 e. The Morgan fingerprint density at radius 3 is 2.59 bits per heavy atom. The highest BCUT2D eigenvalue weighted by atomic mass is 32.2. The second kappa shape index (κ2) is 7.79. The fourth-order valence-electron chi connectivity index (χ4n) is 3.11. The first kappa shape index (κ1) is 19.5. The highest BCUT2D eigenvalue weighted by molar-refractivity contribution is 7.86. The zero-order valence-corrected chi connectivity index (χ0v) is 16.5. The molecule has 0 unspecified atom stereocenters. The minimum atomic E-state index is -3.72. The van der Waals surface area contributed by atoms with Crippen LogP contribution in [-0.2, 0) is 27.2 Å².